The molecule has 1 fully saturated rings. The first-order chi connectivity index (χ1) is 67.2. The number of amides is 1. The Morgan fingerprint density at radius 2 is 0.771 bits per heavy atom. The van der Waals surface area contributed by atoms with Crippen LogP contribution in [0.1, 0.15) is 208 Å². The van der Waals surface area contributed by atoms with Gasteiger partial charge >= 0.3 is 23.9 Å². The topological polar surface area (TPSA) is 470 Å². The Hall–Kier alpha value is -11.2. The van der Waals surface area contributed by atoms with Crippen molar-refractivity contribution in [2.45, 2.75) is 208 Å². The van der Waals surface area contributed by atoms with Gasteiger partial charge in [-0.15, -0.1) is 24.3 Å². The van der Waals surface area contributed by atoms with Crippen LogP contribution in [0.25, 0.3) is 0 Å². The number of benzene rings is 6. The number of nitrogens with one attached hydrogen (secondary N) is 1. The number of ether oxygens (including phenoxy) is 4. The summed E-state index contributed by atoms with van der Waals surface area (Å²) in [6.07, 6.45) is 6.69. The molecular weight excluding hydrogens is 2200 g/mol. The maximum absolute atomic E-state index is 14.5. The van der Waals surface area contributed by atoms with E-state index >= 15 is 0 Å². The molecule has 784 valence electrons. The minimum absolute atomic E-state index is 0.0602. The smallest absolute Gasteiger partial charge is 0.327 e. The number of allylic oxidation sites excluding steroid dienone is 1. The number of sulfone groups is 5. The molecule has 5 heterocycles. The molecule has 144 heavy (non-hydrogen) atoms. The quantitative estimate of drug-likeness (QED) is 0.00419. The minimum atomic E-state index is -3.87. The van der Waals surface area contributed by atoms with Gasteiger partial charge in [0.05, 0.1) is 54.4 Å². The van der Waals surface area contributed by atoms with Crippen LogP contribution < -0.4 is 5.48 Å². The highest BCUT2D eigenvalue weighted by Crippen LogP contribution is 2.37. The number of hydroxylamine groups is 1. The SMILES string of the molecule is C=CCC(C)(C(=O)OCC)S(C)(=O)=O.CC#Cc1ccc(C2=NOC(CC(C)(C(=O)NOC3CCCCO3)S(C)(=O)=O)C2)c(F)c1.CC#Cc1ccc(C2=NOC(CC(C)(C(=O)O)S(C)(=O)=O)C2)c(F)c1.CC#Cc1ccc(C2=NOC(CC(C)(C(=O)OCC)S(C)(=O)=O)C2)c(F)c1.CCOC(=O)C(C)(CC1CC(c2ccc(Br)cc2F)=NO1)S(C)(=O)=O.O/N=C/c1ccc(Br)cc1F.O=Cc1ccc(Br)cc1F. The third-order valence-corrected chi connectivity index (χ3v) is 34.0. The molecule has 47 heteroatoms. The summed E-state index contributed by atoms with van der Waals surface area (Å²) in [7, 11) is -18.8. The van der Waals surface area contributed by atoms with Crippen molar-refractivity contribution in [1.82, 2.24) is 5.48 Å². The van der Waals surface area contributed by atoms with Gasteiger partial charge in [0, 0.05) is 154 Å². The fraction of sp³-hybridized carbons (Fsp3) is 0.433. The van der Waals surface area contributed by atoms with Gasteiger partial charge in [-0.1, -0.05) is 97.4 Å². The largest absolute Gasteiger partial charge is 0.480 e. The van der Waals surface area contributed by atoms with Crippen LogP contribution >= 0.6 is 47.8 Å². The van der Waals surface area contributed by atoms with Gasteiger partial charge in [0.25, 0.3) is 5.91 Å². The predicted octanol–water partition coefficient (Wildman–Crippen LogP) is 15.4. The number of carboxylic acid groups (broad SMARTS) is 1. The molecule has 10 unspecified atom stereocenters. The van der Waals surface area contributed by atoms with Crippen molar-refractivity contribution >= 4 is 162 Å². The monoisotopic (exact) mass is 2300 g/mol. The number of oxime groups is 5. The second-order valence-electron chi connectivity index (χ2n) is 33.5. The number of hydrogen-bond donors (Lipinski definition) is 3. The van der Waals surface area contributed by atoms with E-state index in [2.05, 4.69) is 121 Å². The maximum atomic E-state index is 14.5. The van der Waals surface area contributed by atoms with Gasteiger partial charge in [-0.2, -0.15) is 0 Å². The van der Waals surface area contributed by atoms with Crippen molar-refractivity contribution in [2.24, 2.45) is 25.8 Å². The van der Waals surface area contributed by atoms with Crippen LogP contribution in [0.4, 0.5) is 26.3 Å². The summed E-state index contributed by atoms with van der Waals surface area (Å²) in [5.74, 6) is 8.81. The van der Waals surface area contributed by atoms with Gasteiger partial charge in [0.15, 0.2) is 85.5 Å². The molecule has 0 spiro atoms. The summed E-state index contributed by atoms with van der Waals surface area (Å²) < 4.78 is 216. The summed E-state index contributed by atoms with van der Waals surface area (Å²) in [5.41, 5.74) is 6.56. The third kappa shape index (κ3) is 34.2. The van der Waals surface area contributed by atoms with E-state index in [0.717, 1.165) is 57.3 Å². The molecule has 0 bridgehead atoms. The average molecular weight is 2310 g/mol. The lowest BCUT2D eigenvalue weighted by atomic mass is 9.96. The first-order valence-corrected chi connectivity index (χ1v) is 55.5. The van der Waals surface area contributed by atoms with Crippen LogP contribution in [-0.4, -0.2) is 230 Å². The number of carbonyl (C=O) groups excluding carboxylic acids is 5. The number of aldehydes is 1. The highest BCUT2D eigenvalue weighted by Gasteiger charge is 2.53. The summed E-state index contributed by atoms with van der Waals surface area (Å²) in [5, 5.41) is 35.6. The number of esters is 3. The molecule has 33 nitrogen and oxygen atoms in total. The molecule has 6 aromatic carbocycles. The number of carboxylic acids is 1. The fourth-order valence-electron chi connectivity index (χ4n) is 13.6. The Kier molecular flexibility index (Phi) is 46.9. The van der Waals surface area contributed by atoms with Crippen molar-refractivity contribution < 1.29 is 151 Å². The zero-order valence-electron chi connectivity index (χ0n) is 81.3. The highest BCUT2D eigenvalue weighted by atomic mass is 79.9. The number of rotatable bonds is 31. The normalized spacial score (nSPS) is 18.3. The number of nitrogens with zero attached hydrogens (tertiary/aromatic N) is 5. The lowest BCUT2D eigenvalue weighted by Crippen LogP contribution is -2.52. The van der Waals surface area contributed by atoms with E-state index in [0.29, 0.717) is 72.3 Å². The summed E-state index contributed by atoms with van der Waals surface area (Å²) in [6, 6.07) is 26.8. The van der Waals surface area contributed by atoms with Crippen LogP contribution in [0.3, 0.4) is 0 Å². The van der Waals surface area contributed by atoms with Crippen molar-refractivity contribution in [2.75, 3.05) is 57.7 Å². The lowest BCUT2D eigenvalue weighted by molar-refractivity contribution is -0.201. The number of aliphatic carboxylic acids is 1. The zero-order valence-corrected chi connectivity index (χ0v) is 90.2. The molecule has 0 aliphatic carbocycles. The summed E-state index contributed by atoms with van der Waals surface area (Å²) >= 11 is 9.35. The molecule has 1 amide bonds. The van der Waals surface area contributed by atoms with Crippen molar-refractivity contribution in [1.29, 1.82) is 0 Å². The van der Waals surface area contributed by atoms with Gasteiger partial charge in [0.1, 0.15) is 59.3 Å². The molecule has 5 aliphatic heterocycles. The first-order valence-electron chi connectivity index (χ1n) is 43.7. The molecule has 5 aliphatic rings. The van der Waals surface area contributed by atoms with Crippen LogP contribution in [0, 0.1) is 70.4 Å². The number of hydrogen-bond acceptors (Lipinski definition) is 31. The number of halogens is 9. The van der Waals surface area contributed by atoms with E-state index in [-0.39, 0.29) is 111 Å². The summed E-state index contributed by atoms with van der Waals surface area (Å²) in [4.78, 5) is 96.5. The van der Waals surface area contributed by atoms with E-state index in [9.17, 15) is 102 Å². The van der Waals surface area contributed by atoms with Crippen molar-refractivity contribution in [3.8, 4) is 35.5 Å². The zero-order chi connectivity index (χ0) is 108. The van der Waals surface area contributed by atoms with Crippen LogP contribution in [0.2, 0.25) is 0 Å². The average Bonchev–Trinajstić information content (AvgIpc) is 1.51. The lowest BCUT2D eigenvalue weighted by Gasteiger charge is -2.29. The van der Waals surface area contributed by atoms with E-state index in [1.54, 1.807) is 96.1 Å². The van der Waals surface area contributed by atoms with E-state index < -0.39 is 168 Å². The maximum Gasteiger partial charge on any atom is 0.327 e. The van der Waals surface area contributed by atoms with E-state index in [1.165, 1.54) is 88.4 Å². The highest BCUT2D eigenvalue weighted by molar-refractivity contribution is 9.11. The van der Waals surface area contributed by atoms with E-state index in [1.807, 2.05) is 0 Å². The fourth-order valence-corrected chi connectivity index (χ4v) is 18.7. The Bertz CT molecular complexity index is 6680. The molecule has 0 aromatic heterocycles. The Balaban J connectivity index is 0.000000305. The van der Waals surface area contributed by atoms with E-state index in [4.69, 9.17) is 48.3 Å². The Morgan fingerprint density at radius 1 is 0.465 bits per heavy atom. The van der Waals surface area contributed by atoms with Crippen molar-refractivity contribution in [3.63, 3.8) is 0 Å². The molecule has 10 atom stereocenters. The second kappa shape index (κ2) is 54.8. The van der Waals surface area contributed by atoms with Gasteiger partial charge < -0.3 is 48.6 Å². The third-order valence-electron chi connectivity index (χ3n) is 22.6. The molecule has 6 aromatic rings. The number of carbonyl (C=O) groups is 6. The summed E-state index contributed by atoms with van der Waals surface area (Å²) in [6.45, 7) is 20.5. The van der Waals surface area contributed by atoms with Gasteiger partial charge in [-0.3, -0.25) is 28.8 Å². The van der Waals surface area contributed by atoms with Crippen LogP contribution in [-0.2, 0) is 116 Å². The Morgan fingerprint density at radius 3 is 1.05 bits per heavy atom. The molecule has 11 rings (SSSR count). The van der Waals surface area contributed by atoms with Crippen LogP contribution in [0.15, 0.2) is 161 Å². The van der Waals surface area contributed by atoms with Gasteiger partial charge in [-0.05, 0) is 205 Å². The molecule has 1 saturated heterocycles. The molecular formula is C97H111Br3F6N6O27S5. The predicted molar refractivity (Wildman–Crippen MR) is 538 cm³/mol. The first kappa shape index (κ1) is 123. The molecule has 3 N–H and O–H groups in total. The van der Waals surface area contributed by atoms with Crippen molar-refractivity contribution in [3.05, 3.63) is 220 Å². The molecule has 0 radical (unpaired) electrons. The van der Waals surface area contributed by atoms with Gasteiger partial charge in [0.2, 0.25) is 0 Å². The Labute approximate surface area is 858 Å². The van der Waals surface area contributed by atoms with Crippen LogP contribution in [0.5, 0.6) is 0 Å². The standard InChI is InChI=1S/C22H27FN2O6S.C19H22FNO5S.C17H18FNO5S.C16H19BrFNO5S.C9H16O4S.C7H5BrFNO.C7H4BrFO/c1-4-7-15-9-10-17(18(23)12-15)19-13-16(30-24-19)14-22(2,32(3,27)28)21(26)25-31-20-8-5-6-11-29-20;1-5-7-13-8-9-15(16(20)10-13)17-11-14(26-21-17)12-19(3,27(4,23)24)18(22)25-6-2;1-4-5-11-6-7-13(14(18)8-11)15-9-12(24-19-15)10-17(2,16(20)21)25(3,22)23;1-4-23-15(20)16(2,25(3,21)22)9-11-8-14(19-24-11)12-6-5-10(17)7-13(12)18;1-5-7-9(3,14(4,11)12)8(10)13-6-2;8-6-2-1-5(4-10-11)7(9)3-6;8-6-2-1-5(4-10)7(9)3-6/h9-10,12,16,20H,5-6,8,11,13-14H2,1-3H3,(H,25,26);8-10,14H,6,11-12H2,1-4H3;6-8,12H,9-10H2,1-3H3,(H,20,21);5-7,11H,4,8-9H2,1-3H3;5H,1,6-7H2,2-4H3;1-4,11H;1-4H/b;;;;;10-4+;. The molecule has 0 saturated carbocycles. The second-order valence-corrected chi connectivity index (χ2v) is 48.5. The van der Waals surface area contributed by atoms with Gasteiger partial charge in [-0.25, -0.2) is 78.7 Å². The minimum Gasteiger partial charge on any atom is -0.480 e.